The number of halogens is 1. The third kappa shape index (κ3) is 5.32. The first kappa shape index (κ1) is 20.8. The molecule has 1 atom stereocenters. The zero-order valence-electron chi connectivity index (χ0n) is 15.7. The van der Waals surface area contributed by atoms with Gasteiger partial charge >= 0.3 is 5.97 Å². The summed E-state index contributed by atoms with van der Waals surface area (Å²) < 4.78 is 0. The van der Waals surface area contributed by atoms with Gasteiger partial charge in [0.2, 0.25) is 0 Å². The molecule has 1 heterocycles. The first-order valence-corrected chi connectivity index (χ1v) is 9.49. The lowest BCUT2D eigenvalue weighted by atomic mass is 9.96. The Balaban J connectivity index is 1.90. The highest BCUT2D eigenvalue weighted by molar-refractivity contribution is 6.30. The standard InChI is InChI=1S/C22H22ClN3O3/c23-17-6-1-4-15(12-17)14-22(24,9-11-27)26-18-7-2-5-16(13-18)19-8-3-10-25-20(19)21(28)29/h1-8,10,12-13,26-27H,9,11,14,24H2,(H,28,29). The van der Waals surface area contributed by atoms with Crippen LogP contribution in [0, 0.1) is 0 Å². The quantitative estimate of drug-likeness (QED) is 0.420. The number of hydrogen-bond acceptors (Lipinski definition) is 5. The Bertz CT molecular complexity index is 1010. The number of nitrogens with zero attached hydrogens (tertiary/aromatic N) is 1. The van der Waals surface area contributed by atoms with E-state index in [1.54, 1.807) is 18.2 Å². The van der Waals surface area contributed by atoms with E-state index in [9.17, 15) is 15.0 Å². The van der Waals surface area contributed by atoms with E-state index in [-0.39, 0.29) is 12.3 Å². The molecule has 7 heteroatoms. The van der Waals surface area contributed by atoms with Crippen molar-refractivity contribution in [2.45, 2.75) is 18.5 Å². The van der Waals surface area contributed by atoms with Crippen molar-refractivity contribution < 1.29 is 15.0 Å². The number of nitrogens with two attached hydrogens (primary N) is 1. The van der Waals surface area contributed by atoms with Crippen molar-refractivity contribution in [3.05, 3.63) is 83.1 Å². The highest BCUT2D eigenvalue weighted by atomic mass is 35.5. The fourth-order valence-electron chi connectivity index (χ4n) is 3.27. The molecule has 0 aliphatic heterocycles. The molecule has 0 fully saturated rings. The molecule has 5 N–H and O–H groups in total. The average Bonchev–Trinajstić information content (AvgIpc) is 2.68. The number of aromatic nitrogens is 1. The molecule has 0 radical (unpaired) electrons. The Morgan fingerprint density at radius 3 is 2.66 bits per heavy atom. The Morgan fingerprint density at radius 2 is 1.93 bits per heavy atom. The number of carboxylic acid groups (broad SMARTS) is 1. The SMILES string of the molecule is NC(CCO)(Cc1cccc(Cl)c1)Nc1cccc(-c2cccnc2C(=O)O)c1. The van der Waals surface area contributed by atoms with Gasteiger partial charge in [-0.2, -0.15) is 0 Å². The summed E-state index contributed by atoms with van der Waals surface area (Å²) in [5, 5.41) is 22.8. The molecule has 3 aromatic rings. The minimum absolute atomic E-state index is 0.0158. The van der Waals surface area contributed by atoms with Crippen LogP contribution in [0.2, 0.25) is 5.02 Å². The molecule has 0 saturated heterocycles. The van der Waals surface area contributed by atoms with Crippen molar-refractivity contribution in [3.8, 4) is 11.1 Å². The molecule has 0 amide bonds. The fourth-order valence-corrected chi connectivity index (χ4v) is 3.48. The van der Waals surface area contributed by atoms with Crippen LogP contribution >= 0.6 is 11.6 Å². The molecular weight excluding hydrogens is 390 g/mol. The predicted octanol–water partition coefficient (Wildman–Crippen LogP) is 3.79. The molecule has 0 spiro atoms. The van der Waals surface area contributed by atoms with Gasteiger partial charge in [0.05, 0.1) is 5.66 Å². The van der Waals surface area contributed by atoms with E-state index < -0.39 is 11.6 Å². The number of pyridine rings is 1. The molecule has 150 valence electrons. The molecule has 0 bridgehead atoms. The van der Waals surface area contributed by atoms with Crippen LogP contribution in [0.15, 0.2) is 66.9 Å². The summed E-state index contributed by atoms with van der Waals surface area (Å²) in [4.78, 5) is 15.5. The smallest absolute Gasteiger partial charge is 0.355 e. The van der Waals surface area contributed by atoms with Crippen LogP contribution in [0.4, 0.5) is 5.69 Å². The lowest BCUT2D eigenvalue weighted by Gasteiger charge is -2.32. The topological polar surface area (TPSA) is 108 Å². The van der Waals surface area contributed by atoms with Crippen LogP contribution in [-0.2, 0) is 6.42 Å². The van der Waals surface area contributed by atoms with Crippen molar-refractivity contribution in [3.63, 3.8) is 0 Å². The van der Waals surface area contributed by atoms with Crippen LogP contribution in [0.5, 0.6) is 0 Å². The molecule has 3 rings (SSSR count). The van der Waals surface area contributed by atoms with Gasteiger partial charge < -0.3 is 21.3 Å². The van der Waals surface area contributed by atoms with Gasteiger partial charge in [0.25, 0.3) is 0 Å². The van der Waals surface area contributed by atoms with E-state index in [0.29, 0.717) is 34.7 Å². The molecule has 1 unspecified atom stereocenters. The molecular formula is C22H22ClN3O3. The number of rotatable bonds is 8. The number of carbonyl (C=O) groups is 1. The van der Waals surface area contributed by atoms with Gasteiger partial charge in [-0.3, -0.25) is 0 Å². The first-order valence-electron chi connectivity index (χ1n) is 9.11. The maximum atomic E-state index is 11.5. The number of anilines is 1. The summed E-state index contributed by atoms with van der Waals surface area (Å²) >= 11 is 6.08. The van der Waals surface area contributed by atoms with Crippen molar-refractivity contribution >= 4 is 23.3 Å². The molecule has 29 heavy (non-hydrogen) atoms. The molecule has 6 nitrogen and oxygen atoms in total. The summed E-state index contributed by atoms with van der Waals surface area (Å²) in [6, 6.07) is 18.1. The third-order valence-electron chi connectivity index (χ3n) is 4.54. The second-order valence-corrected chi connectivity index (χ2v) is 7.28. The van der Waals surface area contributed by atoms with E-state index in [1.165, 1.54) is 6.20 Å². The highest BCUT2D eigenvalue weighted by Crippen LogP contribution is 2.27. The van der Waals surface area contributed by atoms with E-state index in [4.69, 9.17) is 17.3 Å². The van der Waals surface area contributed by atoms with Crippen molar-refractivity contribution in [1.29, 1.82) is 0 Å². The summed E-state index contributed by atoms with van der Waals surface area (Å²) in [7, 11) is 0. The lowest BCUT2D eigenvalue weighted by Crippen LogP contribution is -2.50. The van der Waals surface area contributed by atoms with Crippen molar-refractivity contribution in [2.75, 3.05) is 11.9 Å². The molecule has 0 saturated carbocycles. The van der Waals surface area contributed by atoms with Gasteiger partial charge in [-0.15, -0.1) is 0 Å². The summed E-state index contributed by atoms with van der Waals surface area (Å²) in [5.41, 5.74) is 8.51. The van der Waals surface area contributed by atoms with Crippen LogP contribution in [0.3, 0.4) is 0 Å². The Morgan fingerprint density at radius 1 is 1.14 bits per heavy atom. The maximum Gasteiger partial charge on any atom is 0.355 e. The minimum atomic E-state index is -1.09. The van der Waals surface area contributed by atoms with Gasteiger partial charge in [0.15, 0.2) is 5.69 Å². The zero-order valence-corrected chi connectivity index (χ0v) is 16.4. The minimum Gasteiger partial charge on any atom is -0.476 e. The average molecular weight is 412 g/mol. The number of aromatic carboxylic acids is 1. The second kappa shape index (κ2) is 9.05. The van der Waals surface area contributed by atoms with E-state index >= 15 is 0 Å². The monoisotopic (exact) mass is 411 g/mol. The summed E-state index contributed by atoms with van der Waals surface area (Å²) in [5.74, 6) is -1.09. The van der Waals surface area contributed by atoms with Gasteiger partial charge in [0.1, 0.15) is 0 Å². The number of carboxylic acids is 1. The lowest BCUT2D eigenvalue weighted by molar-refractivity contribution is 0.0691. The predicted molar refractivity (Wildman–Crippen MR) is 114 cm³/mol. The molecule has 2 aromatic carbocycles. The highest BCUT2D eigenvalue weighted by Gasteiger charge is 2.25. The van der Waals surface area contributed by atoms with Crippen LogP contribution in [-0.4, -0.2) is 33.4 Å². The number of benzene rings is 2. The molecule has 1 aromatic heterocycles. The molecule has 0 aliphatic carbocycles. The largest absolute Gasteiger partial charge is 0.476 e. The first-order chi connectivity index (χ1) is 13.9. The number of hydrogen-bond donors (Lipinski definition) is 4. The Labute approximate surface area is 174 Å². The van der Waals surface area contributed by atoms with Gasteiger partial charge in [-0.1, -0.05) is 41.9 Å². The summed E-state index contributed by atoms with van der Waals surface area (Å²) in [6.07, 6.45) is 2.22. The number of aliphatic hydroxyl groups is 1. The maximum absolute atomic E-state index is 11.5. The second-order valence-electron chi connectivity index (χ2n) is 6.85. The van der Waals surface area contributed by atoms with Crippen LogP contribution < -0.4 is 11.1 Å². The Kier molecular flexibility index (Phi) is 6.49. The molecule has 0 aliphatic rings. The zero-order chi connectivity index (χ0) is 20.9. The van der Waals surface area contributed by atoms with Crippen molar-refractivity contribution in [2.24, 2.45) is 5.73 Å². The van der Waals surface area contributed by atoms with E-state index in [1.807, 2.05) is 42.5 Å². The van der Waals surface area contributed by atoms with Crippen LogP contribution in [0.1, 0.15) is 22.5 Å². The van der Waals surface area contributed by atoms with Gasteiger partial charge in [-0.05, 0) is 41.5 Å². The van der Waals surface area contributed by atoms with Crippen molar-refractivity contribution in [1.82, 2.24) is 4.98 Å². The number of nitrogens with one attached hydrogen (secondary N) is 1. The van der Waals surface area contributed by atoms with E-state index in [0.717, 1.165) is 5.56 Å². The normalized spacial score (nSPS) is 12.9. The van der Waals surface area contributed by atoms with E-state index in [2.05, 4.69) is 10.3 Å². The third-order valence-corrected chi connectivity index (χ3v) is 4.78. The Hall–Kier alpha value is -2.93. The van der Waals surface area contributed by atoms with Gasteiger partial charge in [0, 0.05) is 41.9 Å². The van der Waals surface area contributed by atoms with Gasteiger partial charge in [-0.25, -0.2) is 9.78 Å². The van der Waals surface area contributed by atoms with Crippen LogP contribution in [0.25, 0.3) is 11.1 Å². The fraction of sp³-hybridized carbons (Fsp3) is 0.182. The summed E-state index contributed by atoms with van der Waals surface area (Å²) in [6.45, 7) is -0.0878. The number of aliphatic hydroxyl groups excluding tert-OH is 1.